The van der Waals surface area contributed by atoms with Gasteiger partial charge in [0.25, 0.3) is 0 Å². The molecule has 0 spiro atoms. The third-order valence-corrected chi connectivity index (χ3v) is 2.69. The number of nitrogens with one attached hydrogen (secondary N) is 2. The molecule has 3 N–H and O–H groups in total. The van der Waals surface area contributed by atoms with Crippen molar-refractivity contribution in [2.75, 3.05) is 7.11 Å². The molecule has 0 aliphatic heterocycles. The monoisotopic (exact) mass is 262 g/mol. The van der Waals surface area contributed by atoms with E-state index < -0.39 is 12.1 Å². The standard InChI is InChI=1S/C12H14N4O3/c1-19-9-4-2-8(3-5-9)6-10(14-12(17)18)11-7-13-16-15-11/h2-5,7,10,14H,6H2,1H3,(H,17,18)(H,13,15,16)/t10-/m0/s1. The van der Waals surface area contributed by atoms with Crippen LogP contribution in [0.3, 0.4) is 0 Å². The molecule has 2 rings (SSSR count). The number of aromatic amines is 1. The predicted octanol–water partition coefficient (Wildman–Crippen LogP) is 1.36. The summed E-state index contributed by atoms with van der Waals surface area (Å²) in [4.78, 5) is 10.8. The minimum Gasteiger partial charge on any atom is -0.497 e. The first-order chi connectivity index (χ1) is 9.19. The third kappa shape index (κ3) is 3.44. The van der Waals surface area contributed by atoms with Crippen molar-refractivity contribution in [3.63, 3.8) is 0 Å². The molecule has 7 heteroatoms. The molecule has 19 heavy (non-hydrogen) atoms. The van der Waals surface area contributed by atoms with Crippen LogP contribution in [0.25, 0.3) is 0 Å². The van der Waals surface area contributed by atoms with Gasteiger partial charge in [-0.3, -0.25) is 5.10 Å². The summed E-state index contributed by atoms with van der Waals surface area (Å²) >= 11 is 0. The van der Waals surface area contributed by atoms with Gasteiger partial charge in [-0.2, -0.15) is 0 Å². The summed E-state index contributed by atoms with van der Waals surface area (Å²) in [5.41, 5.74) is 1.53. The smallest absolute Gasteiger partial charge is 0.405 e. The average molecular weight is 262 g/mol. The lowest BCUT2D eigenvalue weighted by molar-refractivity contribution is 0.189. The fraction of sp³-hybridized carbons (Fsp3) is 0.250. The number of rotatable bonds is 5. The molecule has 0 bridgehead atoms. The summed E-state index contributed by atoms with van der Waals surface area (Å²) in [6.45, 7) is 0. The van der Waals surface area contributed by atoms with Crippen LogP contribution >= 0.6 is 0 Å². The molecule has 0 aliphatic rings. The van der Waals surface area contributed by atoms with Crippen molar-refractivity contribution in [3.05, 3.63) is 41.7 Å². The van der Waals surface area contributed by atoms with Crippen LogP contribution in [0, 0.1) is 0 Å². The predicted molar refractivity (Wildman–Crippen MR) is 67.0 cm³/mol. The zero-order chi connectivity index (χ0) is 13.7. The van der Waals surface area contributed by atoms with E-state index in [1.54, 1.807) is 13.3 Å². The number of hydrogen-bond donors (Lipinski definition) is 3. The molecule has 1 aromatic heterocycles. The lowest BCUT2D eigenvalue weighted by Gasteiger charge is -2.14. The normalized spacial score (nSPS) is 11.8. The number of carboxylic acid groups (broad SMARTS) is 1. The lowest BCUT2D eigenvalue weighted by atomic mass is 10.0. The fourth-order valence-electron chi connectivity index (χ4n) is 1.76. The van der Waals surface area contributed by atoms with E-state index >= 15 is 0 Å². The minimum atomic E-state index is -1.10. The highest BCUT2D eigenvalue weighted by Crippen LogP contribution is 2.18. The van der Waals surface area contributed by atoms with E-state index in [1.165, 1.54) is 0 Å². The van der Waals surface area contributed by atoms with E-state index in [0.29, 0.717) is 12.1 Å². The largest absolute Gasteiger partial charge is 0.497 e. The van der Waals surface area contributed by atoms with Crippen LogP contribution in [0.4, 0.5) is 4.79 Å². The number of amides is 1. The molecule has 1 atom stereocenters. The molecule has 2 aromatic rings. The van der Waals surface area contributed by atoms with Crippen molar-refractivity contribution >= 4 is 6.09 Å². The van der Waals surface area contributed by atoms with Gasteiger partial charge in [-0.25, -0.2) is 4.79 Å². The second-order valence-corrected chi connectivity index (χ2v) is 3.95. The molecule has 1 heterocycles. The van der Waals surface area contributed by atoms with Gasteiger partial charge in [-0.05, 0) is 24.1 Å². The first-order valence-corrected chi connectivity index (χ1v) is 5.68. The van der Waals surface area contributed by atoms with Gasteiger partial charge in [0.1, 0.15) is 11.4 Å². The SMILES string of the molecule is COc1ccc(C[C@H](NC(=O)O)c2c[nH]nn2)cc1. The number of nitrogens with zero attached hydrogens (tertiary/aromatic N) is 2. The van der Waals surface area contributed by atoms with E-state index in [2.05, 4.69) is 20.7 Å². The maximum Gasteiger partial charge on any atom is 0.405 e. The van der Waals surface area contributed by atoms with Gasteiger partial charge in [0.05, 0.1) is 13.2 Å². The maximum absolute atomic E-state index is 10.8. The van der Waals surface area contributed by atoms with Crippen molar-refractivity contribution in [2.24, 2.45) is 0 Å². The van der Waals surface area contributed by atoms with Crippen molar-refractivity contribution in [1.29, 1.82) is 0 Å². The summed E-state index contributed by atoms with van der Waals surface area (Å²) in [7, 11) is 1.60. The van der Waals surface area contributed by atoms with E-state index in [9.17, 15) is 4.79 Å². The number of H-pyrrole nitrogens is 1. The molecule has 7 nitrogen and oxygen atoms in total. The molecule has 1 amide bonds. The Bertz CT molecular complexity index is 524. The minimum absolute atomic E-state index is 0.440. The van der Waals surface area contributed by atoms with Crippen molar-refractivity contribution in [1.82, 2.24) is 20.7 Å². The van der Waals surface area contributed by atoms with Gasteiger partial charge in [-0.15, -0.1) is 5.10 Å². The third-order valence-electron chi connectivity index (χ3n) is 2.69. The van der Waals surface area contributed by atoms with Crippen LogP contribution < -0.4 is 10.1 Å². The Morgan fingerprint density at radius 2 is 2.21 bits per heavy atom. The van der Waals surface area contributed by atoms with E-state index in [4.69, 9.17) is 9.84 Å². The topological polar surface area (TPSA) is 100 Å². The van der Waals surface area contributed by atoms with Crippen LogP contribution in [0.1, 0.15) is 17.3 Å². The molecule has 0 radical (unpaired) electrons. The highest BCUT2D eigenvalue weighted by atomic mass is 16.5. The zero-order valence-corrected chi connectivity index (χ0v) is 10.3. The Hall–Kier alpha value is -2.57. The number of aromatic nitrogens is 3. The first-order valence-electron chi connectivity index (χ1n) is 5.68. The Morgan fingerprint density at radius 3 is 2.74 bits per heavy atom. The zero-order valence-electron chi connectivity index (χ0n) is 10.3. The summed E-state index contributed by atoms with van der Waals surface area (Å²) in [5, 5.41) is 21.3. The van der Waals surface area contributed by atoms with Crippen LogP contribution in [0.5, 0.6) is 5.75 Å². The molecular weight excluding hydrogens is 248 g/mol. The van der Waals surface area contributed by atoms with Gasteiger partial charge >= 0.3 is 6.09 Å². The van der Waals surface area contributed by atoms with Gasteiger partial charge < -0.3 is 15.2 Å². The summed E-state index contributed by atoms with van der Waals surface area (Å²) in [6, 6.07) is 6.99. The number of methoxy groups -OCH3 is 1. The van der Waals surface area contributed by atoms with Gasteiger partial charge in [0.2, 0.25) is 0 Å². The van der Waals surface area contributed by atoms with Gasteiger partial charge in [0, 0.05) is 6.20 Å². The number of carbonyl (C=O) groups is 1. The first kappa shape index (κ1) is 12.9. The second-order valence-electron chi connectivity index (χ2n) is 3.95. The number of benzene rings is 1. The van der Waals surface area contributed by atoms with Crippen molar-refractivity contribution < 1.29 is 14.6 Å². The van der Waals surface area contributed by atoms with E-state index in [1.807, 2.05) is 24.3 Å². The van der Waals surface area contributed by atoms with Crippen molar-refractivity contribution in [2.45, 2.75) is 12.5 Å². The van der Waals surface area contributed by atoms with E-state index in [-0.39, 0.29) is 0 Å². The summed E-state index contributed by atoms with van der Waals surface area (Å²) < 4.78 is 5.07. The van der Waals surface area contributed by atoms with Gasteiger partial charge in [0.15, 0.2) is 0 Å². The molecule has 0 saturated carbocycles. The van der Waals surface area contributed by atoms with Crippen LogP contribution in [0.2, 0.25) is 0 Å². The average Bonchev–Trinajstić information content (AvgIpc) is 2.92. The summed E-state index contributed by atoms with van der Waals surface area (Å²) in [6.07, 6.45) is 0.967. The Morgan fingerprint density at radius 1 is 1.47 bits per heavy atom. The highest BCUT2D eigenvalue weighted by molar-refractivity contribution is 5.65. The quantitative estimate of drug-likeness (QED) is 0.755. The van der Waals surface area contributed by atoms with Crippen LogP contribution in [-0.2, 0) is 6.42 Å². The van der Waals surface area contributed by atoms with Crippen LogP contribution in [-0.4, -0.2) is 33.7 Å². The van der Waals surface area contributed by atoms with Crippen LogP contribution in [0.15, 0.2) is 30.5 Å². The second kappa shape index (κ2) is 5.85. The Balaban J connectivity index is 2.12. The Labute approximate surface area is 109 Å². The molecule has 100 valence electrons. The molecule has 0 aliphatic carbocycles. The fourth-order valence-corrected chi connectivity index (χ4v) is 1.76. The number of hydrogen-bond acceptors (Lipinski definition) is 4. The molecule has 0 fully saturated rings. The maximum atomic E-state index is 10.8. The number of ether oxygens (including phenoxy) is 1. The molecular formula is C12H14N4O3. The lowest BCUT2D eigenvalue weighted by Crippen LogP contribution is -2.28. The van der Waals surface area contributed by atoms with E-state index in [0.717, 1.165) is 11.3 Å². The molecule has 1 aromatic carbocycles. The summed E-state index contributed by atoms with van der Waals surface area (Å²) in [5.74, 6) is 0.757. The molecule has 0 saturated heterocycles. The highest BCUT2D eigenvalue weighted by Gasteiger charge is 2.17. The van der Waals surface area contributed by atoms with Gasteiger partial charge in [-0.1, -0.05) is 17.3 Å². The molecule has 0 unspecified atom stereocenters. The Kier molecular flexibility index (Phi) is 3.97. The van der Waals surface area contributed by atoms with Crippen molar-refractivity contribution in [3.8, 4) is 5.75 Å².